The molecule has 0 amide bonds. The molecule has 0 saturated carbocycles. The van der Waals surface area contributed by atoms with Crippen molar-refractivity contribution in [3.63, 3.8) is 0 Å². The van der Waals surface area contributed by atoms with Crippen molar-refractivity contribution in [3.05, 3.63) is 461 Å². The van der Waals surface area contributed by atoms with Gasteiger partial charge in [0.1, 0.15) is 0 Å². The quantitative estimate of drug-likeness (QED) is 0.133. The zero-order chi connectivity index (χ0) is 78.0. The van der Waals surface area contributed by atoms with Gasteiger partial charge in [-0.25, -0.2) is 0 Å². The normalized spacial score (nSPS) is 11.6. The molecule has 118 heavy (non-hydrogen) atoms. The maximum absolute atomic E-state index is 2.37. The van der Waals surface area contributed by atoms with Gasteiger partial charge in [0, 0.05) is 0 Å². The average molecular weight is 1490 g/mol. The van der Waals surface area contributed by atoms with Crippen LogP contribution in [0.5, 0.6) is 0 Å². The summed E-state index contributed by atoms with van der Waals surface area (Å²) >= 11 is 0. The van der Waals surface area contributed by atoms with Crippen LogP contribution in [0.15, 0.2) is 461 Å². The van der Waals surface area contributed by atoms with Crippen molar-refractivity contribution in [2.24, 2.45) is 0 Å². The first-order valence-corrected chi connectivity index (χ1v) is 40.9. The lowest BCUT2D eigenvalue weighted by Crippen LogP contribution is -1.90. The summed E-state index contributed by atoms with van der Waals surface area (Å²) in [5.41, 5.74) is 20.2. The second kappa shape index (κ2) is 29.6. The Balaban J connectivity index is 0.000000107. The number of fused-ring (bicyclic) bond motifs is 17. The van der Waals surface area contributed by atoms with Crippen LogP contribution in [0, 0.1) is 0 Å². The Hall–Kier alpha value is -15.3. The van der Waals surface area contributed by atoms with Crippen LogP contribution in [-0.2, 0) is 0 Å². The first-order chi connectivity index (χ1) is 58.6. The van der Waals surface area contributed by atoms with Crippen molar-refractivity contribution in [2.75, 3.05) is 0 Å². The monoisotopic (exact) mass is 1490 g/mol. The van der Waals surface area contributed by atoms with Crippen molar-refractivity contribution in [1.29, 1.82) is 0 Å². The van der Waals surface area contributed by atoms with E-state index >= 15 is 0 Å². The van der Waals surface area contributed by atoms with Gasteiger partial charge in [0.15, 0.2) is 0 Å². The molecule has 0 heterocycles. The summed E-state index contributed by atoms with van der Waals surface area (Å²) in [5.74, 6) is 0. The molecule has 0 spiro atoms. The van der Waals surface area contributed by atoms with E-state index in [0.717, 1.165) is 0 Å². The van der Waals surface area contributed by atoms with Crippen LogP contribution in [-0.4, -0.2) is 0 Å². The third-order valence-corrected chi connectivity index (χ3v) is 24.6. The number of hydrogen-bond acceptors (Lipinski definition) is 0. The third-order valence-electron chi connectivity index (χ3n) is 24.6. The summed E-state index contributed by atoms with van der Waals surface area (Å²) in [5, 5.41) is 33.4. The highest BCUT2D eigenvalue weighted by molar-refractivity contribution is 6.23. The number of benzene rings is 24. The third kappa shape index (κ3) is 12.2. The summed E-state index contributed by atoms with van der Waals surface area (Å²) in [6, 6.07) is 168. The highest BCUT2D eigenvalue weighted by atomic mass is 14.2. The van der Waals surface area contributed by atoms with E-state index in [-0.39, 0.29) is 0 Å². The molecule has 0 bridgehead atoms. The minimum absolute atomic E-state index is 1.23. The first kappa shape index (κ1) is 69.4. The Bertz CT molecular complexity index is 7340. The Morgan fingerprint density at radius 2 is 0.229 bits per heavy atom. The van der Waals surface area contributed by atoms with Crippen molar-refractivity contribution in [2.45, 2.75) is 0 Å². The summed E-state index contributed by atoms with van der Waals surface area (Å²) in [6.07, 6.45) is 0. The predicted molar refractivity (Wildman–Crippen MR) is 510 cm³/mol. The van der Waals surface area contributed by atoms with E-state index in [1.54, 1.807) is 0 Å². The standard InChI is InChI=1S/C42H28.2C38H24/c1-3-13-35-29(9-1)11-7-17-37(35)31-19-23-33(24-20-31)39-27-28-40(42-16-6-5-15-41(39)42)34-25-21-32(22-26-34)38-18-8-12-30-10-2-4-14-36(30)38;1-3-13-27-25(11-1)23-37(33-19-9-5-15-29(27)33)35-21-22-36(32-18-8-7-17-31(32)35)38-24-26-12-2-4-14-28(26)30-16-6-10-20-34(30)38;1-3-13-27-25(11-1)23-37(33-17-7-5-15-29(27)33)35-21-9-20-32-31(35)19-10-22-36(32)38-24-26-12-2-4-14-28(26)30-16-6-8-18-34(30)38/h1-28H;2*1-24H. The summed E-state index contributed by atoms with van der Waals surface area (Å²) in [6.45, 7) is 0. The van der Waals surface area contributed by atoms with Crippen LogP contribution in [0.2, 0.25) is 0 Å². The second-order valence-corrected chi connectivity index (χ2v) is 31.1. The minimum Gasteiger partial charge on any atom is -0.0616 e. The molecular formula is C118H76. The Kier molecular flexibility index (Phi) is 17.4. The average Bonchev–Trinajstić information content (AvgIpc) is 0.923. The molecule has 0 unspecified atom stereocenters. The minimum atomic E-state index is 1.23. The van der Waals surface area contributed by atoms with Gasteiger partial charge < -0.3 is 0 Å². The fourth-order valence-corrected chi connectivity index (χ4v) is 19.1. The summed E-state index contributed by atoms with van der Waals surface area (Å²) in [7, 11) is 0. The van der Waals surface area contributed by atoms with Crippen molar-refractivity contribution < 1.29 is 0 Å². The number of rotatable bonds is 8. The van der Waals surface area contributed by atoms with Gasteiger partial charge in [-0.05, 0) is 253 Å². The van der Waals surface area contributed by atoms with Crippen LogP contribution in [0.1, 0.15) is 0 Å². The molecule has 0 fully saturated rings. The van der Waals surface area contributed by atoms with Crippen LogP contribution in [0.4, 0.5) is 0 Å². The van der Waals surface area contributed by atoms with E-state index in [9.17, 15) is 0 Å². The molecule has 0 nitrogen and oxygen atoms in total. The molecular weight excluding hydrogens is 1420 g/mol. The predicted octanol–water partition coefficient (Wildman–Crippen LogP) is 33.4. The SMILES string of the molecule is c1ccc2c(-c3ccc(-c4ccc(-c5ccc(-c6cccc7ccccc67)cc5)c5ccccc45)cc3)cccc2c1.c1ccc2c(c1)cc(-c1ccc(-c3cc4ccccc4c4ccccc34)c3ccccc13)c1ccccc12.c1ccc2c(c1)cc(-c1cccc3c(-c4cc5ccccc5c5ccccc45)cccc13)c1ccccc12. The van der Waals surface area contributed by atoms with Crippen LogP contribution >= 0.6 is 0 Å². The van der Waals surface area contributed by atoms with Crippen molar-refractivity contribution >= 4 is 140 Å². The fraction of sp³-hybridized carbons (Fsp3) is 0. The van der Waals surface area contributed by atoms with Crippen molar-refractivity contribution in [3.8, 4) is 89.0 Å². The van der Waals surface area contributed by atoms with Crippen LogP contribution in [0.25, 0.3) is 229 Å². The van der Waals surface area contributed by atoms with Crippen molar-refractivity contribution in [1.82, 2.24) is 0 Å². The Labute approximate surface area is 685 Å². The first-order valence-electron chi connectivity index (χ1n) is 40.9. The smallest absolute Gasteiger partial charge is 0.00928 e. The fourth-order valence-electron chi connectivity index (χ4n) is 19.1. The molecule has 0 aliphatic carbocycles. The van der Waals surface area contributed by atoms with Crippen LogP contribution < -0.4 is 0 Å². The maximum atomic E-state index is 2.37. The van der Waals surface area contributed by atoms with E-state index in [2.05, 4.69) is 461 Å². The molecule has 548 valence electrons. The lowest BCUT2D eigenvalue weighted by Gasteiger charge is -2.17. The molecule has 24 aromatic carbocycles. The van der Waals surface area contributed by atoms with E-state index in [0.29, 0.717) is 0 Å². The van der Waals surface area contributed by atoms with Gasteiger partial charge in [-0.15, -0.1) is 0 Å². The highest BCUT2D eigenvalue weighted by Gasteiger charge is 2.20. The molecule has 0 atom stereocenters. The van der Waals surface area contributed by atoms with E-state index in [4.69, 9.17) is 0 Å². The molecule has 24 rings (SSSR count). The van der Waals surface area contributed by atoms with E-state index in [1.165, 1.54) is 229 Å². The molecule has 0 saturated heterocycles. The maximum Gasteiger partial charge on any atom is -0.00928 e. The number of hydrogen-bond donors (Lipinski definition) is 0. The summed E-state index contributed by atoms with van der Waals surface area (Å²) < 4.78 is 0. The van der Waals surface area contributed by atoms with Gasteiger partial charge in [0.05, 0.1) is 0 Å². The second-order valence-electron chi connectivity index (χ2n) is 31.1. The lowest BCUT2D eigenvalue weighted by atomic mass is 9.86. The summed E-state index contributed by atoms with van der Waals surface area (Å²) in [4.78, 5) is 0. The Morgan fingerprint density at radius 1 is 0.0763 bits per heavy atom. The van der Waals surface area contributed by atoms with E-state index < -0.39 is 0 Å². The van der Waals surface area contributed by atoms with Gasteiger partial charge in [-0.1, -0.05) is 437 Å². The molecule has 0 aliphatic rings. The van der Waals surface area contributed by atoms with Gasteiger partial charge in [-0.2, -0.15) is 0 Å². The topological polar surface area (TPSA) is 0 Å². The zero-order valence-corrected chi connectivity index (χ0v) is 64.9. The molecule has 0 heteroatoms. The molecule has 24 aromatic rings. The zero-order valence-electron chi connectivity index (χ0n) is 64.9. The van der Waals surface area contributed by atoms with Crippen LogP contribution in [0.3, 0.4) is 0 Å². The molecule has 0 aliphatic heterocycles. The van der Waals surface area contributed by atoms with Gasteiger partial charge in [0.2, 0.25) is 0 Å². The highest BCUT2D eigenvalue weighted by Crippen LogP contribution is 2.47. The molecule has 0 aromatic heterocycles. The molecule has 0 radical (unpaired) electrons. The largest absolute Gasteiger partial charge is 0.0616 e. The lowest BCUT2D eigenvalue weighted by molar-refractivity contribution is 1.60. The van der Waals surface area contributed by atoms with E-state index in [1.807, 2.05) is 0 Å². The Morgan fingerprint density at radius 3 is 0.500 bits per heavy atom. The molecule has 0 N–H and O–H groups in total. The van der Waals surface area contributed by atoms with Gasteiger partial charge >= 0.3 is 0 Å². The van der Waals surface area contributed by atoms with Gasteiger partial charge in [-0.3, -0.25) is 0 Å². The van der Waals surface area contributed by atoms with Gasteiger partial charge in [0.25, 0.3) is 0 Å².